The highest BCUT2D eigenvalue weighted by Gasteiger charge is 2.37. The number of aryl methyl sites for hydroxylation is 1. The second kappa shape index (κ2) is 8.14. The van der Waals surface area contributed by atoms with Gasteiger partial charge >= 0.3 is 5.97 Å². The molecular weight excluding hydrogens is 420 g/mol. The molecule has 0 N–H and O–H groups in total. The Morgan fingerprint density at radius 2 is 1.94 bits per heavy atom. The lowest BCUT2D eigenvalue weighted by Crippen LogP contribution is -2.35. The number of esters is 1. The van der Waals surface area contributed by atoms with Crippen LogP contribution < -0.4 is 9.47 Å². The van der Waals surface area contributed by atoms with Gasteiger partial charge in [0.05, 0.1) is 11.0 Å². The number of ether oxygens (including phenoxy) is 3. The zero-order valence-corrected chi connectivity index (χ0v) is 18.4. The molecule has 9 heteroatoms. The van der Waals surface area contributed by atoms with E-state index in [9.17, 15) is 14.4 Å². The van der Waals surface area contributed by atoms with Crippen molar-refractivity contribution in [2.24, 2.45) is 0 Å². The molecule has 0 unspecified atom stereocenters. The smallest absolute Gasteiger partial charge is 0.326 e. The predicted molar refractivity (Wildman–Crippen MR) is 115 cm³/mol. The van der Waals surface area contributed by atoms with Crippen molar-refractivity contribution in [1.29, 1.82) is 0 Å². The molecule has 1 fully saturated rings. The van der Waals surface area contributed by atoms with E-state index in [1.54, 1.807) is 19.9 Å². The Hall–Kier alpha value is -3.20. The van der Waals surface area contributed by atoms with E-state index in [2.05, 4.69) is 0 Å². The molecule has 1 aromatic heterocycles. The summed E-state index contributed by atoms with van der Waals surface area (Å²) in [5, 5.41) is -0.485. The van der Waals surface area contributed by atoms with Crippen molar-refractivity contribution in [1.82, 2.24) is 9.47 Å². The molecule has 0 atom stereocenters. The largest absolute Gasteiger partial charge is 0.462 e. The molecule has 0 bridgehead atoms. The third kappa shape index (κ3) is 4.05. The molecule has 0 spiro atoms. The Balaban J connectivity index is 1.60. The average Bonchev–Trinajstić information content (AvgIpc) is 3.34. The molecule has 8 nitrogen and oxygen atoms in total. The van der Waals surface area contributed by atoms with Crippen LogP contribution in [0.4, 0.5) is 4.79 Å². The normalized spacial score (nSPS) is 16.7. The first-order chi connectivity index (χ1) is 14.7. The van der Waals surface area contributed by atoms with Crippen LogP contribution in [0.1, 0.15) is 30.8 Å². The molecule has 2 aliphatic rings. The van der Waals surface area contributed by atoms with Gasteiger partial charge in [-0.15, -0.1) is 0 Å². The number of imide groups is 1. The Kier molecular flexibility index (Phi) is 5.53. The minimum absolute atomic E-state index is 0.203. The van der Waals surface area contributed by atoms with Gasteiger partial charge in [-0.25, -0.2) is 0 Å². The number of carbonyl (C=O) groups is 3. The molecule has 3 heterocycles. The quantitative estimate of drug-likeness (QED) is 0.514. The number of amides is 2. The van der Waals surface area contributed by atoms with Gasteiger partial charge in [0.15, 0.2) is 11.5 Å². The monoisotopic (exact) mass is 442 g/mol. The van der Waals surface area contributed by atoms with E-state index >= 15 is 0 Å². The molecule has 0 radical (unpaired) electrons. The number of thioether (sulfide) groups is 1. The number of hydrogen-bond donors (Lipinski definition) is 0. The number of hydrogen-bond acceptors (Lipinski definition) is 7. The fraction of sp³-hybridized carbons (Fsp3) is 0.318. The lowest BCUT2D eigenvalue weighted by atomic mass is 10.2. The number of nitrogens with zero attached hydrogens (tertiary/aromatic N) is 2. The second-order valence-corrected chi connectivity index (χ2v) is 8.50. The molecule has 0 aliphatic carbocycles. The lowest BCUT2D eigenvalue weighted by molar-refractivity contribution is -0.149. The lowest BCUT2D eigenvalue weighted by Gasteiger charge is -2.13. The van der Waals surface area contributed by atoms with Crippen LogP contribution in [0.25, 0.3) is 11.8 Å². The first kappa shape index (κ1) is 21.0. The van der Waals surface area contributed by atoms with Crippen molar-refractivity contribution < 1.29 is 28.6 Å². The molecule has 2 aliphatic heterocycles. The fourth-order valence-electron chi connectivity index (χ4n) is 3.56. The van der Waals surface area contributed by atoms with E-state index in [0.717, 1.165) is 39.3 Å². The van der Waals surface area contributed by atoms with Crippen LogP contribution in [0.5, 0.6) is 11.5 Å². The van der Waals surface area contributed by atoms with E-state index in [1.165, 1.54) is 0 Å². The maximum atomic E-state index is 12.7. The minimum Gasteiger partial charge on any atom is -0.462 e. The van der Waals surface area contributed by atoms with Gasteiger partial charge in [-0.1, -0.05) is 0 Å². The summed E-state index contributed by atoms with van der Waals surface area (Å²) in [6.07, 6.45) is 1.37. The van der Waals surface area contributed by atoms with Gasteiger partial charge in [-0.3, -0.25) is 19.3 Å². The van der Waals surface area contributed by atoms with Gasteiger partial charge in [-0.2, -0.15) is 0 Å². The SMILES string of the molecule is Cc1cc(/C=C2/SC(=O)N(CC(=O)OC(C)C)C2=O)c(C)n1-c1ccc2c(c1)OCO2. The predicted octanol–water partition coefficient (Wildman–Crippen LogP) is 3.81. The molecule has 4 rings (SSSR count). The highest BCUT2D eigenvalue weighted by molar-refractivity contribution is 8.18. The molecule has 162 valence electrons. The van der Waals surface area contributed by atoms with Crippen LogP contribution in [0.15, 0.2) is 29.2 Å². The van der Waals surface area contributed by atoms with Crippen LogP contribution in [0.2, 0.25) is 0 Å². The van der Waals surface area contributed by atoms with E-state index in [-0.39, 0.29) is 17.8 Å². The molecule has 2 amide bonds. The van der Waals surface area contributed by atoms with Gasteiger partial charge in [-0.05, 0) is 69.3 Å². The van der Waals surface area contributed by atoms with Crippen molar-refractivity contribution in [3.05, 3.63) is 46.1 Å². The molecule has 1 aromatic carbocycles. The number of carbonyl (C=O) groups excluding carboxylic acids is 3. The molecule has 0 saturated carbocycles. The summed E-state index contributed by atoms with van der Waals surface area (Å²) in [4.78, 5) is 38.1. The Bertz CT molecular complexity index is 1120. The van der Waals surface area contributed by atoms with Crippen molar-refractivity contribution in [3.8, 4) is 17.2 Å². The molecule has 2 aromatic rings. The summed E-state index contributed by atoms with van der Waals surface area (Å²) < 4.78 is 17.9. The summed E-state index contributed by atoms with van der Waals surface area (Å²) in [5.74, 6) is 0.278. The van der Waals surface area contributed by atoms with Crippen molar-refractivity contribution >= 4 is 35.0 Å². The van der Waals surface area contributed by atoms with Crippen LogP contribution in [0, 0.1) is 13.8 Å². The zero-order valence-electron chi connectivity index (χ0n) is 17.6. The van der Waals surface area contributed by atoms with Crippen LogP contribution in [-0.4, -0.2) is 46.0 Å². The third-order valence-electron chi connectivity index (χ3n) is 4.90. The Morgan fingerprint density at radius 1 is 1.19 bits per heavy atom. The van der Waals surface area contributed by atoms with Gasteiger partial charge in [0, 0.05) is 23.1 Å². The number of fused-ring (bicyclic) bond motifs is 1. The van der Waals surface area contributed by atoms with E-state index in [4.69, 9.17) is 14.2 Å². The van der Waals surface area contributed by atoms with Crippen LogP contribution in [0.3, 0.4) is 0 Å². The second-order valence-electron chi connectivity index (χ2n) is 7.51. The van der Waals surface area contributed by atoms with Gasteiger partial charge in [0.2, 0.25) is 6.79 Å². The fourth-order valence-corrected chi connectivity index (χ4v) is 4.39. The van der Waals surface area contributed by atoms with Crippen molar-refractivity contribution in [2.75, 3.05) is 13.3 Å². The molecule has 1 saturated heterocycles. The Labute approximate surface area is 183 Å². The highest BCUT2D eigenvalue weighted by Crippen LogP contribution is 2.36. The zero-order chi connectivity index (χ0) is 22.3. The van der Waals surface area contributed by atoms with E-state index < -0.39 is 23.7 Å². The number of rotatable bonds is 5. The summed E-state index contributed by atoms with van der Waals surface area (Å²) in [6, 6.07) is 7.64. The van der Waals surface area contributed by atoms with Gasteiger partial charge in [0.1, 0.15) is 6.54 Å². The first-order valence-corrected chi connectivity index (χ1v) is 10.6. The summed E-state index contributed by atoms with van der Waals surface area (Å²) in [5.41, 5.74) is 3.58. The summed E-state index contributed by atoms with van der Waals surface area (Å²) in [6.45, 7) is 7.13. The van der Waals surface area contributed by atoms with Crippen LogP contribution in [-0.2, 0) is 14.3 Å². The number of benzene rings is 1. The maximum Gasteiger partial charge on any atom is 0.326 e. The minimum atomic E-state index is -0.612. The summed E-state index contributed by atoms with van der Waals surface area (Å²) >= 11 is 0.818. The van der Waals surface area contributed by atoms with Gasteiger partial charge < -0.3 is 18.8 Å². The Morgan fingerprint density at radius 3 is 2.68 bits per heavy atom. The van der Waals surface area contributed by atoms with Crippen molar-refractivity contribution in [3.63, 3.8) is 0 Å². The standard InChI is InChI=1S/C22H22N2O6S/c1-12(2)30-20(25)10-23-21(26)19(31-22(23)27)8-15-7-13(3)24(14(15)4)16-5-6-17-18(9-16)29-11-28-17/h5-9,12H,10-11H2,1-4H3/b19-8+. The van der Waals surface area contributed by atoms with Crippen molar-refractivity contribution in [2.45, 2.75) is 33.8 Å². The van der Waals surface area contributed by atoms with Gasteiger partial charge in [0.25, 0.3) is 11.1 Å². The molecular formula is C22H22N2O6S. The number of aromatic nitrogens is 1. The van der Waals surface area contributed by atoms with E-state index in [0.29, 0.717) is 11.5 Å². The van der Waals surface area contributed by atoms with E-state index in [1.807, 2.05) is 42.7 Å². The first-order valence-electron chi connectivity index (χ1n) is 9.78. The maximum absolute atomic E-state index is 12.7. The highest BCUT2D eigenvalue weighted by atomic mass is 32.2. The molecule has 31 heavy (non-hydrogen) atoms. The topological polar surface area (TPSA) is 87.1 Å². The average molecular weight is 442 g/mol. The van der Waals surface area contributed by atoms with Crippen LogP contribution >= 0.6 is 11.8 Å². The summed E-state index contributed by atoms with van der Waals surface area (Å²) in [7, 11) is 0. The third-order valence-corrected chi connectivity index (χ3v) is 5.81.